The predicted octanol–water partition coefficient (Wildman–Crippen LogP) is 3.58. The summed E-state index contributed by atoms with van der Waals surface area (Å²) < 4.78 is 0. The van der Waals surface area contributed by atoms with Crippen LogP contribution in [0.15, 0.2) is 12.1 Å². The summed E-state index contributed by atoms with van der Waals surface area (Å²) in [5.41, 5.74) is 10.2. The van der Waals surface area contributed by atoms with Crippen molar-refractivity contribution in [3.8, 4) is 10.6 Å². The fraction of sp³-hybridized carbons (Fsp3) is 0.467. The van der Waals surface area contributed by atoms with Crippen molar-refractivity contribution in [3.63, 3.8) is 0 Å². The Morgan fingerprint density at radius 1 is 1.11 bits per heavy atom. The second-order valence-corrected chi connectivity index (χ2v) is 6.97. The van der Waals surface area contributed by atoms with E-state index in [9.17, 15) is 0 Å². The molecule has 0 atom stereocenters. The first-order chi connectivity index (χ1) is 8.81. The van der Waals surface area contributed by atoms with Crippen LogP contribution in [-0.4, -0.2) is 9.97 Å². The normalized spacial score (nSPS) is 11.9. The van der Waals surface area contributed by atoms with Crippen LogP contribution in [0.1, 0.15) is 42.7 Å². The van der Waals surface area contributed by atoms with Crippen LogP contribution >= 0.6 is 11.3 Å². The second kappa shape index (κ2) is 5.02. The molecule has 0 fully saturated rings. The van der Waals surface area contributed by atoms with Gasteiger partial charge in [0.15, 0.2) is 0 Å². The molecule has 3 nitrogen and oxygen atoms in total. The predicted molar refractivity (Wildman–Crippen MR) is 81.4 cm³/mol. The average molecular weight is 275 g/mol. The molecule has 0 aliphatic carbocycles. The number of aryl methyl sites for hydroxylation is 2. The molecule has 0 aromatic carbocycles. The number of rotatable bonds is 2. The summed E-state index contributed by atoms with van der Waals surface area (Å²) in [7, 11) is 0. The van der Waals surface area contributed by atoms with Crippen molar-refractivity contribution in [1.82, 2.24) is 9.97 Å². The highest BCUT2D eigenvalue weighted by atomic mass is 32.1. The molecule has 0 saturated carbocycles. The fourth-order valence-corrected chi connectivity index (χ4v) is 3.30. The van der Waals surface area contributed by atoms with Crippen LogP contribution in [0.25, 0.3) is 10.6 Å². The highest BCUT2D eigenvalue weighted by Crippen LogP contribution is 2.34. The number of nitrogens with two attached hydrogens (primary N) is 1. The zero-order chi connectivity index (χ0) is 14.2. The van der Waals surface area contributed by atoms with Crippen LogP contribution in [0.4, 0.5) is 0 Å². The second-order valence-electron chi connectivity index (χ2n) is 5.88. The van der Waals surface area contributed by atoms with Crippen LogP contribution in [-0.2, 0) is 12.0 Å². The zero-order valence-corrected chi connectivity index (χ0v) is 13.1. The van der Waals surface area contributed by atoms with E-state index in [1.54, 1.807) is 11.3 Å². The number of hydrogen-bond acceptors (Lipinski definition) is 4. The number of pyridine rings is 1. The average Bonchev–Trinajstić information content (AvgIpc) is 2.71. The first kappa shape index (κ1) is 14.2. The van der Waals surface area contributed by atoms with E-state index >= 15 is 0 Å². The lowest BCUT2D eigenvalue weighted by Crippen LogP contribution is -2.15. The van der Waals surface area contributed by atoms with E-state index in [0.717, 1.165) is 27.7 Å². The summed E-state index contributed by atoms with van der Waals surface area (Å²) >= 11 is 1.69. The lowest BCUT2D eigenvalue weighted by Gasteiger charge is -2.16. The summed E-state index contributed by atoms with van der Waals surface area (Å²) in [6.45, 7) is 11.1. The zero-order valence-electron chi connectivity index (χ0n) is 12.2. The molecule has 0 aliphatic rings. The van der Waals surface area contributed by atoms with Crippen molar-refractivity contribution < 1.29 is 0 Å². The molecule has 2 N–H and O–H groups in total. The van der Waals surface area contributed by atoms with E-state index < -0.39 is 0 Å². The maximum absolute atomic E-state index is 5.86. The largest absolute Gasteiger partial charge is 0.326 e. The minimum absolute atomic E-state index is 0.0283. The van der Waals surface area contributed by atoms with Gasteiger partial charge in [-0.25, -0.2) is 4.98 Å². The van der Waals surface area contributed by atoms with E-state index in [4.69, 9.17) is 10.7 Å². The molecule has 2 aromatic rings. The molecule has 2 rings (SSSR count). The molecule has 0 amide bonds. The molecule has 0 spiro atoms. The van der Waals surface area contributed by atoms with Crippen LogP contribution in [0, 0.1) is 13.8 Å². The molecule has 0 bridgehead atoms. The molecular weight excluding hydrogens is 254 g/mol. The van der Waals surface area contributed by atoms with E-state index in [1.165, 1.54) is 4.88 Å². The molecule has 102 valence electrons. The van der Waals surface area contributed by atoms with Crippen molar-refractivity contribution in [2.24, 2.45) is 5.73 Å². The van der Waals surface area contributed by atoms with E-state index in [-0.39, 0.29) is 5.41 Å². The van der Waals surface area contributed by atoms with Gasteiger partial charge in [-0.15, -0.1) is 11.3 Å². The summed E-state index contributed by atoms with van der Waals surface area (Å²) in [5, 5.41) is 1.04. The SMILES string of the molecule is Cc1cc(-c2nc(C(C)(C)C)c(CN)s2)cc(C)n1. The third-order valence-electron chi connectivity index (χ3n) is 2.92. The lowest BCUT2D eigenvalue weighted by molar-refractivity contribution is 0.567. The number of thiazole rings is 1. The summed E-state index contributed by atoms with van der Waals surface area (Å²) in [5.74, 6) is 0. The topological polar surface area (TPSA) is 51.8 Å². The van der Waals surface area contributed by atoms with Gasteiger partial charge in [0.05, 0.1) is 5.69 Å². The third kappa shape index (κ3) is 3.01. The van der Waals surface area contributed by atoms with Crippen LogP contribution in [0.5, 0.6) is 0 Å². The Labute approximate surface area is 118 Å². The van der Waals surface area contributed by atoms with Gasteiger partial charge in [-0.2, -0.15) is 0 Å². The van der Waals surface area contributed by atoms with Gasteiger partial charge in [0, 0.05) is 33.8 Å². The van der Waals surface area contributed by atoms with Gasteiger partial charge in [-0.05, 0) is 26.0 Å². The highest BCUT2D eigenvalue weighted by Gasteiger charge is 2.23. The minimum Gasteiger partial charge on any atom is -0.326 e. The molecule has 2 heterocycles. The van der Waals surface area contributed by atoms with Gasteiger partial charge in [-0.3, -0.25) is 4.98 Å². The maximum atomic E-state index is 5.86. The van der Waals surface area contributed by atoms with Crippen molar-refractivity contribution in [3.05, 3.63) is 34.1 Å². The smallest absolute Gasteiger partial charge is 0.124 e. The number of aromatic nitrogens is 2. The highest BCUT2D eigenvalue weighted by molar-refractivity contribution is 7.15. The van der Waals surface area contributed by atoms with Gasteiger partial charge in [0.2, 0.25) is 0 Å². The Balaban J connectivity index is 2.55. The first-order valence-electron chi connectivity index (χ1n) is 6.47. The quantitative estimate of drug-likeness (QED) is 0.911. The standard InChI is InChI=1S/C15H21N3S/c1-9-6-11(7-10(2)17-9)14-18-13(15(3,4)5)12(8-16)19-14/h6-7H,8,16H2,1-5H3. The molecule has 0 saturated heterocycles. The Hall–Kier alpha value is -1.26. The van der Waals surface area contributed by atoms with Crippen LogP contribution in [0.2, 0.25) is 0 Å². The molecule has 0 unspecified atom stereocenters. The third-order valence-corrected chi connectivity index (χ3v) is 4.05. The minimum atomic E-state index is 0.0283. The Kier molecular flexibility index (Phi) is 3.74. The molecule has 2 aromatic heterocycles. The monoisotopic (exact) mass is 275 g/mol. The molecule has 0 radical (unpaired) electrons. The summed E-state index contributed by atoms with van der Waals surface area (Å²) in [4.78, 5) is 10.4. The molecule has 4 heteroatoms. The Bertz CT molecular complexity index is 574. The van der Waals surface area contributed by atoms with Gasteiger partial charge in [-0.1, -0.05) is 20.8 Å². The number of hydrogen-bond donors (Lipinski definition) is 1. The van der Waals surface area contributed by atoms with E-state index in [2.05, 4.69) is 37.9 Å². The van der Waals surface area contributed by atoms with Crippen molar-refractivity contribution in [1.29, 1.82) is 0 Å². The van der Waals surface area contributed by atoms with Crippen molar-refractivity contribution >= 4 is 11.3 Å². The molecular formula is C15H21N3S. The van der Waals surface area contributed by atoms with E-state index in [1.807, 2.05) is 13.8 Å². The first-order valence-corrected chi connectivity index (χ1v) is 7.29. The van der Waals surface area contributed by atoms with E-state index in [0.29, 0.717) is 6.54 Å². The Morgan fingerprint density at radius 2 is 1.68 bits per heavy atom. The Morgan fingerprint density at radius 3 is 2.11 bits per heavy atom. The molecule has 0 aliphatic heterocycles. The van der Waals surface area contributed by atoms with Gasteiger partial charge in [0.25, 0.3) is 0 Å². The summed E-state index contributed by atoms with van der Waals surface area (Å²) in [6, 6.07) is 4.16. The van der Waals surface area contributed by atoms with Crippen LogP contribution in [0.3, 0.4) is 0 Å². The van der Waals surface area contributed by atoms with Gasteiger partial charge >= 0.3 is 0 Å². The van der Waals surface area contributed by atoms with Gasteiger partial charge < -0.3 is 5.73 Å². The fourth-order valence-electron chi connectivity index (χ4n) is 2.16. The maximum Gasteiger partial charge on any atom is 0.124 e. The summed E-state index contributed by atoms with van der Waals surface area (Å²) in [6.07, 6.45) is 0. The number of nitrogens with zero attached hydrogens (tertiary/aromatic N) is 2. The van der Waals surface area contributed by atoms with Gasteiger partial charge in [0.1, 0.15) is 5.01 Å². The van der Waals surface area contributed by atoms with Crippen molar-refractivity contribution in [2.45, 2.75) is 46.6 Å². The van der Waals surface area contributed by atoms with Crippen LogP contribution < -0.4 is 5.73 Å². The lowest BCUT2D eigenvalue weighted by atomic mass is 9.91. The molecule has 19 heavy (non-hydrogen) atoms. The van der Waals surface area contributed by atoms with Crippen molar-refractivity contribution in [2.75, 3.05) is 0 Å².